The quantitative estimate of drug-likeness (QED) is 0.892. The van der Waals surface area contributed by atoms with Crippen LogP contribution in [0.5, 0.6) is 0 Å². The minimum atomic E-state index is -3.79. The molecule has 0 saturated carbocycles. The molecule has 2 N–H and O–H groups in total. The normalized spacial score (nSPS) is 11.5. The number of aryl methyl sites for hydroxylation is 1. The molecule has 2 aromatic rings. The summed E-state index contributed by atoms with van der Waals surface area (Å²) in [4.78, 5) is 0. The highest BCUT2D eigenvalue weighted by Gasteiger charge is 2.19. The van der Waals surface area contributed by atoms with Gasteiger partial charge in [0.05, 0.1) is 5.69 Å². The van der Waals surface area contributed by atoms with Crippen molar-refractivity contribution in [3.63, 3.8) is 0 Å². The zero-order chi connectivity index (χ0) is 14.0. The van der Waals surface area contributed by atoms with Gasteiger partial charge in [-0.05, 0) is 36.8 Å². The number of benzene rings is 1. The van der Waals surface area contributed by atoms with E-state index in [2.05, 4.69) is 20.7 Å². The number of aliphatic hydroxyl groups is 1. The van der Waals surface area contributed by atoms with E-state index in [0.717, 1.165) is 10.0 Å². The second kappa shape index (κ2) is 5.36. The highest BCUT2D eigenvalue weighted by molar-refractivity contribution is 9.10. The van der Waals surface area contributed by atoms with Crippen LogP contribution in [0.3, 0.4) is 0 Å². The van der Waals surface area contributed by atoms with Gasteiger partial charge in [0.15, 0.2) is 0 Å². The van der Waals surface area contributed by atoms with Crippen molar-refractivity contribution in [1.29, 1.82) is 0 Å². The van der Waals surface area contributed by atoms with Crippen molar-refractivity contribution in [2.24, 2.45) is 0 Å². The van der Waals surface area contributed by atoms with Gasteiger partial charge in [-0.1, -0.05) is 22.0 Å². The van der Waals surface area contributed by atoms with Crippen molar-refractivity contribution in [3.05, 3.63) is 46.1 Å². The Morgan fingerprint density at radius 1 is 1.32 bits per heavy atom. The number of halogens is 1. The van der Waals surface area contributed by atoms with Gasteiger partial charge in [0.25, 0.3) is 10.0 Å². The van der Waals surface area contributed by atoms with Crippen LogP contribution in [0.15, 0.2) is 44.3 Å². The summed E-state index contributed by atoms with van der Waals surface area (Å²) in [5, 5.41) is 8.65. The molecule has 0 bridgehead atoms. The molecule has 0 aliphatic heterocycles. The Balaban J connectivity index is 2.33. The van der Waals surface area contributed by atoms with E-state index in [9.17, 15) is 8.42 Å². The molecule has 0 radical (unpaired) electrons. The summed E-state index contributed by atoms with van der Waals surface area (Å²) in [7, 11) is -3.79. The Morgan fingerprint density at radius 2 is 2.05 bits per heavy atom. The predicted molar refractivity (Wildman–Crippen MR) is 74.3 cm³/mol. The molecular weight excluding hydrogens is 334 g/mol. The van der Waals surface area contributed by atoms with Gasteiger partial charge in [-0.2, -0.15) is 8.42 Å². The first-order valence-corrected chi connectivity index (χ1v) is 7.68. The van der Waals surface area contributed by atoms with E-state index < -0.39 is 10.0 Å². The fourth-order valence-corrected chi connectivity index (χ4v) is 2.92. The molecular formula is C12H12BrNO4S. The number of sulfonamides is 1. The monoisotopic (exact) mass is 345 g/mol. The minimum Gasteiger partial charge on any atom is -0.445 e. The van der Waals surface area contributed by atoms with Gasteiger partial charge in [-0.15, -0.1) is 0 Å². The maximum absolute atomic E-state index is 12.1. The topological polar surface area (TPSA) is 79.5 Å². The van der Waals surface area contributed by atoms with E-state index in [4.69, 9.17) is 9.52 Å². The van der Waals surface area contributed by atoms with Gasteiger partial charge < -0.3 is 9.52 Å². The number of nitrogens with one attached hydrogen (secondary N) is 1. The Bertz CT molecular complexity index is 694. The third-order valence-electron chi connectivity index (χ3n) is 2.50. The summed E-state index contributed by atoms with van der Waals surface area (Å²) in [5.41, 5.74) is 1.26. The fourth-order valence-electron chi connectivity index (χ4n) is 1.49. The molecule has 0 spiro atoms. The molecule has 1 heterocycles. The molecule has 1 aromatic heterocycles. The van der Waals surface area contributed by atoms with Gasteiger partial charge in [0.2, 0.25) is 5.09 Å². The molecule has 0 aliphatic rings. The maximum atomic E-state index is 12.1. The van der Waals surface area contributed by atoms with E-state index in [-0.39, 0.29) is 17.5 Å². The van der Waals surface area contributed by atoms with Crippen molar-refractivity contribution in [2.45, 2.75) is 18.6 Å². The Morgan fingerprint density at radius 3 is 2.68 bits per heavy atom. The zero-order valence-electron chi connectivity index (χ0n) is 10.1. The highest BCUT2D eigenvalue weighted by Crippen LogP contribution is 2.24. The molecule has 0 amide bonds. The van der Waals surface area contributed by atoms with E-state index in [0.29, 0.717) is 5.69 Å². The standard InChI is InChI=1S/C12H12BrNO4S/c1-8-2-3-9(13)6-11(8)14-19(16,17)12-5-4-10(7-15)18-12/h2-6,14-15H,7H2,1H3. The Hall–Kier alpha value is -1.31. The average Bonchev–Trinajstić information content (AvgIpc) is 2.83. The molecule has 2 rings (SSSR count). The molecule has 0 aliphatic carbocycles. The van der Waals surface area contributed by atoms with Crippen LogP contribution in [-0.4, -0.2) is 13.5 Å². The van der Waals surface area contributed by atoms with Crippen LogP contribution in [0, 0.1) is 6.92 Å². The minimum absolute atomic E-state index is 0.200. The van der Waals surface area contributed by atoms with E-state index in [1.807, 2.05) is 6.07 Å². The molecule has 102 valence electrons. The number of aliphatic hydroxyl groups excluding tert-OH is 1. The van der Waals surface area contributed by atoms with E-state index >= 15 is 0 Å². The summed E-state index contributed by atoms with van der Waals surface area (Å²) in [5.74, 6) is 0.200. The number of hydrogen-bond acceptors (Lipinski definition) is 4. The number of anilines is 1. The first-order chi connectivity index (χ1) is 8.92. The highest BCUT2D eigenvalue weighted by atomic mass is 79.9. The molecule has 0 saturated heterocycles. The summed E-state index contributed by atoms with van der Waals surface area (Å²) in [6, 6.07) is 8.01. The molecule has 7 heteroatoms. The van der Waals surface area contributed by atoms with Crippen molar-refractivity contribution in [1.82, 2.24) is 0 Å². The summed E-state index contributed by atoms with van der Waals surface area (Å²) < 4.78 is 32.4. The number of hydrogen-bond donors (Lipinski definition) is 2. The summed E-state index contributed by atoms with van der Waals surface area (Å²) >= 11 is 3.28. The van der Waals surface area contributed by atoms with E-state index in [1.54, 1.807) is 19.1 Å². The smallest absolute Gasteiger partial charge is 0.295 e. The Labute approximate surface area is 119 Å². The van der Waals surface area contributed by atoms with Crippen molar-refractivity contribution in [3.8, 4) is 0 Å². The first kappa shape index (κ1) is 14.1. The predicted octanol–water partition coefficient (Wildman–Crippen LogP) is 2.64. The number of rotatable bonds is 4. The number of furan rings is 1. The van der Waals surface area contributed by atoms with Crippen LogP contribution in [-0.2, 0) is 16.6 Å². The third kappa shape index (κ3) is 3.17. The van der Waals surface area contributed by atoms with Crippen LogP contribution < -0.4 is 4.72 Å². The van der Waals surface area contributed by atoms with E-state index in [1.165, 1.54) is 12.1 Å². The lowest BCUT2D eigenvalue weighted by molar-refractivity contribution is 0.236. The molecule has 5 nitrogen and oxygen atoms in total. The lowest BCUT2D eigenvalue weighted by Gasteiger charge is -2.09. The van der Waals surface area contributed by atoms with Crippen molar-refractivity contribution >= 4 is 31.6 Å². The van der Waals surface area contributed by atoms with Crippen LogP contribution in [0.2, 0.25) is 0 Å². The van der Waals surface area contributed by atoms with Gasteiger partial charge in [-0.3, -0.25) is 4.72 Å². The summed E-state index contributed by atoms with van der Waals surface area (Å²) in [6.07, 6.45) is 0. The molecule has 1 aromatic carbocycles. The van der Waals surface area contributed by atoms with Gasteiger partial charge >= 0.3 is 0 Å². The summed E-state index contributed by atoms with van der Waals surface area (Å²) in [6.45, 7) is 1.46. The second-order valence-electron chi connectivity index (χ2n) is 3.94. The van der Waals surface area contributed by atoms with Crippen LogP contribution >= 0.6 is 15.9 Å². The van der Waals surface area contributed by atoms with Crippen molar-refractivity contribution < 1.29 is 17.9 Å². The van der Waals surface area contributed by atoms with Crippen LogP contribution in [0.1, 0.15) is 11.3 Å². The SMILES string of the molecule is Cc1ccc(Br)cc1NS(=O)(=O)c1ccc(CO)o1. The Kier molecular flexibility index (Phi) is 3.98. The lowest BCUT2D eigenvalue weighted by atomic mass is 10.2. The first-order valence-electron chi connectivity index (χ1n) is 5.41. The van der Waals surface area contributed by atoms with Gasteiger partial charge in [-0.25, -0.2) is 0 Å². The molecule has 19 heavy (non-hydrogen) atoms. The molecule has 0 atom stereocenters. The zero-order valence-corrected chi connectivity index (χ0v) is 12.5. The van der Waals surface area contributed by atoms with Crippen LogP contribution in [0.4, 0.5) is 5.69 Å². The van der Waals surface area contributed by atoms with Gasteiger partial charge in [0, 0.05) is 4.47 Å². The molecule has 0 unspecified atom stereocenters. The molecule has 0 fully saturated rings. The van der Waals surface area contributed by atoms with Gasteiger partial charge in [0.1, 0.15) is 12.4 Å². The average molecular weight is 346 g/mol. The van der Waals surface area contributed by atoms with Crippen molar-refractivity contribution in [2.75, 3.05) is 4.72 Å². The second-order valence-corrected chi connectivity index (χ2v) is 6.47. The lowest BCUT2D eigenvalue weighted by Crippen LogP contribution is -2.13. The third-order valence-corrected chi connectivity index (χ3v) is 4.23. The largest absolute Gasteiger partial charge is 0.445 e. The fraction of sp³-hybridized carbons (Fsp3) is 0.167. The maximum Gasteiger partial charge on any atom is 0.295 e. The van der Waals surface area contributed by atoms with Crippen LogP contribution in [0.25, 0.3) is 0 Å².